The lowest BCUT2D eigenvalue weighted by molar-refractivity contribution is -0.153. The van der Waals surface area contributed by atoms with Crippen molar-refractivity contribution in [2.45, 2.75) is 25.2 Å². The molecule has 0 aromatic heterocycles. The van der Waals surface area contributed by atoms with Crippen LogP contribution >= 0.6 is 0 Å². The van der Waals surface area contributed by atoms with Crippen LogP contribution in [0, 0.1) is 29.1 Å². The number of aliphatic hydroxyl groups excluding tert-OH is 1. The summed E-state index contributed by atoms with van der Waals surface area (Å²) >= 11 is 0. The Hall–Kier alpha value is -2.19. The Morgan fingerprint density at radius 2 is 2.04 bits per heavy atom. The molecule has 3 rings (SSSR count). The van der Waals surface area contributed by atoms with Crippen molar-refractivity contribution in [3.8, 4) is 6.07 Å². The van der Waals surface area contributed by atoms with Crippen molar-refractivity contribution in [2.24, 2.45) is 17.8 Å². The minimum absolute atomic E-state index is 0.0440. The normalized spacial score (nSPS) is 33.0. The van der Waals surface area contributed by atoms with Gasteiger partial charge in [0.1, 0.15) is 5.92 Å². The first-order valence-corrected chi connectivity index (χ1v) is 8.45. The lowest BCUT2D eigenvalue weighted by Gasteiger charge is -2.52. The third kappa shape index (κ3) is 2.33. The van der Waals surface area contributed by atoms with Gasteiger partial charge in [0.2, 0.25) is 5.91 Å². The minimum atomic E-state index is -0.845. The van der Waals surface area contributed by atoms with Crippen LogP contribution in [-0.4, -0.2) is 41.4 Å². The molecule has 126 valence electrons. The number of fused-ring (bicyclic) bond motifs is 1. The van der Waals surface area contributed by atoms with Crippen LogP contribution in [-0.2, 0) is 15.0 Å². The molecule has 2 aliphatic rings. The standard InChI is InChI=1S/C19H22N2O3/c1-13-16-7-8-21(9-10-22)18(24)19(16,11-14(12-20)17(13)23)15-5-3-2-4-6-15/h2-6,13-14,16,22H,7-11H2,1H3/t13-,14?,16-,19+/m0/s1. The lowest BCUT2D eigenvalue weighted by Crippen LogP contribution is -2.62. The van der Waals surface area contributed by atoms with E-state index in [2.05, 4.69) is 6.07 Å². The van der Waals surface area contributed by atoms with Gasteiger partial charge >= 0.3 is 0 Å². The molecule has 1 saturated carbocycles. The number of rotatable bonds is 3. The molecule has 0 radical (unpaired) electrons. The molecule has 1 unspecified atom stereocenters. The summed E-state index contributed by atoms with van der Waals surface area (Å²) in [6.45, 7) is 2.60. The van der Waals surface area contributed by atoms with E-state index in [4.69, 9.17) is 0 Å². The fourth-order valence-corrected chi connectivity index (χ4v) is 4.57. The maximum Gasteiger partial charge on any atom is 0.233 e. The third-order valence-electron chi connectivity index (χ3n) is 5.75. The second-order valence-corrected chi connectivity index (χ2v) is 6.83. The zero-order valence-corrected chi connectivity index (χ0v) is 13.8. The van der Waals surface area contributed by atoms with Gasteiger partial charge < -0.3 is 10.0 Å². The number of benzene rings is 1. The molecule has 24 heavy (non-hydrogen) atoms. The van der Waals surface area contributed by atoms with Crippen molar-refractivity contribution >= 4 is 11.7 Å². The van der Waals surface area contributed by atoms with Crippen LogP contribution in [0.4, 0.5) is 0 Å². The summed E-state index contributed by atoms with van der Waals surface area (Å²) in [7, 11) is 0. The number of hydrogen-bond donors (Lipinski definition) is 1. The van der Waals surface area contributed by atoms with Crippen molar-refractivity contribution in [3.63, 3.8) is 0 Å². The Bertz CT molecular complexity index is 682. The van der Waals surface area contributed by atoms with Gasteiger partial charge in [0.25, 0.3) is 0 Å². The number of β-amino-alcohol motifs (C(OH)–C–C–N with tert-alkyl or cyclic N) is 1. The van der Waals surface area contributed by atoms with E-state index in [1.165, 1.54) is 0 Å². The molecule has 4 atom stereocenters. The van der Waals surface area contributed by atoms with Gasteiger partial charge in [-0.1, -0.05) is 37.3 Å². The summed E-state index contributed by atoms with van der Waals surface area (Å²) in [6, 6.07) is 11.6. The number of carbonyl (C=O) groups excluding carboxylic acids is 2. The Kier molecular flexibility index (Phi) is 4.42. The second kappa shape index (κ2) is 6.37. The summed E-state index contributed by atoms with van der Waals surface area (Å²) < 4.78 is 0. The Labute approximate surface area is 141 Å². The van der Waals surface area contributed by atoms with Gasteiger partial charge in [0, 0.05) is 19.0 Å². The molecule has 0 spiro atoms. The van der Waals surface area contributed by atoms with Gasteiger partial charge in [-0.3, -0.25) is 9.59 Å². The molecule has 5 nitrogen and oxygen atoms in total. The molecule has 2 fully saturated rings. The highest BCUT2D eigenvalue weighted by Crippen LogP contribution is 2.51. The molecule has 1 heterocycles. The number of carbonyl (C=O) groups is 2. The van der Waals surface area contributed by atoms with E-state index in [9.17, 15) is 20.0 Å². The van der Waals surface area contributed by atoms with E-state index in [-0.39, 0.29) is 36.6 Å². The zero-order valence-electron chi connectivity index (χ0n) is 13.8. The van der Waals surface area contributed by atoms with Gasteiger partial charge in [-0.2, -0.15) is 5.26 Å². The highest BCUT2D eigenvalue weighted by atomic mass is 16.3. The first-order valence-electron chi connectivity index (χ1n) is 8.45. The average Bonchev–Trinajstić information content (AvgIpc) is 2.61. The number of likely N-dealkylation sites (tertiary alicyclic amines) is 1. The summed E-state index contributed by atoms with van der Waals surface area (Å²) in [4.78, 5) is 27.6. The van der Waals surface area contributed by atoms with Gasteiger partial charge in [-0.05, 0) is 24.3 Å². The zero-order chi connectivity index (χ0) is 17.3. The third-order valence-corrected chi connectivity index (χ3v) is 5.75. The molecule has 5 heteroatoms. The SMILES string of the molecule is C[C@@H]1C(=O)C(C#N)C[C@]2(c3ccccc3)C(=O)N(CCO)CC[C@@H]12. The molecule has 1 amide bonds. The van der Waals surface area contributed by atoms with E-state index in [1.54, 1.807) is 4.90 Å². The van der Waals surface area contributed by atoms with Crippen molar-refractivity contribution < 1.29 is 14.7 Å². The monoisotopic (exact) mass is 326 g/mol. The predicted octanol–water partition coefficient (Wildman–Crippen LogP) is 1.51. The van der Waals surface area contributed by atoms with Crippen molar-refractivity contribution in [1.29, 1.82) is 5.26 Å². The molecule has 1 aromatic carbocycles. The number of nitrogens with zero attached hydrogens (tertiary/aromatic N) is 2. The van der Waals surface area contributed by atoms with E-state index >= 15 is 0 Å². The highest BCUT2D eigenvalue weighted by Gasteiger charge is 2.59. The van der Waals surface area contributed by atoms with Crippen LogP contribution in [0.5, 0.6) is 0 Å². The van der Waals surface area contributed by atoms with Crippen LogP contribution in [0.2, 0.25) is 0 Å². The minimum Gasteiger partial charge on any atom is -0.395 e. The number of aliphatic hydroxyl groups is 1. The summed E-state index contributed by atoms with van der Waals surface area (Å²) in [5.74, 6) is -1.27. The van der Waals surface area contributed by atoms with Crippen molar-refractivity contribution in [3.05, 3.63) is 35.9 Å². The number of piperidine rings is 1. The lowest BCUT2D eigenvalue weighted by atomic mass is 9.53. The van der Waals surface area contributed by atoms with E-state index < -0.39 is 11.3 Å². The largest absolute Gasteiger partial charge is 0.395 e. The Balaban J connectivity index is 2.14. The van der Waals surface area contributed by atoms with E-state index in [1.807, 2.05) is 37.3 Å². The maximum atomic E-state index is 13.4. The molecule has 1 aromatic rings. The highest BCUT2D eigenvalue weighted by molar-refractivity contribution is 5.95. The first-order chi connectivity index (χ1) is 11.6. The van der Waals surface area contributed by atoms with Crippen LogP contribution in [0.1, 0.15) is 25.3 Å². The molecule has 1 aliphatic carbocycles. The molecule has 1 N–H and O–H groups in total. The summed E-state index contributed by atoms with van der Waals surface area (Å²) in [5.41, 5.74) is 0.0322. The summed E-state index contributed by atoms with van der Waals surface area (Å²) in [6.07, 6.45) is 0.952. The smallest absolute Gasteiger partial charge is 0.233 e. The number of hydrogen-bond acceptors (Lipinski definition) is 4. The van der Waals surface area contributed by atoms with Gasteiger partial charge in [-0.25, -0.2) is 0 Å². The number of ketones is 1. The number of Topliss-reactive ketones (excluding diaryl/α,β-unsaturated/α-hetero) is 1. The molecule has 0 bridgehead atoms. The quantitative estimate of drug-likeness (QED) is 0.913. The van der Waals surface area contributed by atoms with Crippen molar-refractivity contribution in [1.82, 2.24) is 4.90 Å². The van der Waals surface area contributed by atoms with Crippen LogP contribution < -0.4 is 0 Å². The Morgan fingerprint density at radius 3 is 2.67 bits per heavy atom. The second-order valence-electron chi connectivity index (χ2n) is 6.83. The number of amides is 1. The van der Waals surface area contributed by atoms with Gasteiger partial charge in [0.05, 0.1) is 18.1 Å². The van der Waals surface area contributed by atoms with E-state index in [0.717, 1.165) is 5.56 Å². The van der Waals surface area contributed by atoms with Gasteiger partial charge in [-0.15, -0.1) is 0 Å². The van der Waals surface area contributed by atoms with Crippen LogP contribution in [0.25, 0.3) is 0 Å². The first kappa shape index (κ1) is 16.7. The summed E-state index contributed by atoms with van der Waals surface area (Å²) in [5, 5.41) is 18.7. The maximum absolute atomic E-state index is 13.4. The van der Waals surface area contributed by atoms with Crippen molar-refractivity contribution in [2.75, 3.05) is 19.7 Å². The average molecular weight is 326 g/mol. The van der Waals surface area contributed by atoms with Crippen LogP contribution in [0.3, 0.4) is 0 Å². The fourth-order valence-electron chi connectivity index (χ4n) is 4.57. The van der Waals surface area contributed by atoms with Gasteiger partial charge in [0.15, 0.2) is 5.78 Å². The molecule has 1 aliphatic heterocycles. The Morgan fingerprint density at radius 1 is 1.33 bits per heavy atom. The van der Waals surface area contributed by atoms with E-state index in [0.29, 0.717) is 19.5 Å². The fraction of sp³-hybridized carbons (Fsp3) is 0.526. The molecular weight excluding hydrogens is 304 g/mol. The number of nitriles is 1. The molecular formula is C19H22N2O3. The van der Waals surface area contributed by atoms with Crippen LogP contribution in [0.15, 0.2) is 30.3 Å². The topological polar surface area (TPSA) is 81.4 Å². The predicted molar refractivity (Wildman–Crippen MR) is 87.8 cm³/mol. The molecule has 1 saturated heterocycles.